The molecular weight excluding hydrogens is 230 g/mol. The molecule has 15 heavy (non-hydrogen) atoms. The van der Waals surface area contributed by atoms with Crippen molar-refractivity contribution in [3.8, 4) is 6.07 Å². The molecule has 1 aliphatic rings. The normalized spacial score (nSPS) is 29.9. The molecule has 0 radical (unpaired) electrons. The van der Waals surface area contributed by atoms with E-state index in [2.05, 4.69) is 0 Å². The summed E-state index contributed by atoms with van der Waals surface area (Å²) in [5.41, 5.74) is 1.37. The van der Waals surface area contributed by atoms with Gasteiger partial charge in [-0.3, -0.25) is 8.42 Å². The molecule has 0 aliphatic carbocycles. The van der Waals surface area contributed by atoms with Crippen molar-refractivity contribution in [2.75, 3.05) is 11.5 Å². The van der Waals surface area contributed by atoms with E-state index in [1.807, 2.05) is 6.07 Å². The lowest BCUT2D eigenvalue weighted by atomic mass is 10.2. The molecule has 0 saturated carbocycles. The van der Waals surface area contributed by atoms with Gasteiger partial charge in [-0.2, -0.15) is 5.26 Å². The first-order valence-electron chi connectivity index (χ1n) is 4.47. The first-order chi connectivity index (χ1) is 7.22. The van der Waals surface area contributed by atoms with Crippen molar-refractivity contribution >= 4 is 21.6 Å². The van der Waals surface area contributed by atoms with Crippen molar-refractivity contribution in [1.29, 1.82) is 5.26 Å². The highest BCUT2D eigenvalue weighted by molar-refractivity contribution is 8.05. The molecule has 1 heterocycles. The maximum atomic E-state index is 11.6. The van der Waals surface area contributed by atoms with Crippen LogP contribution in [0.4, 0.5) is 0 Å². The van der Waals surface area contributed by atoms with Crippen LogP contribution in [-0.2, 0) is 21.6 Å². The van der Waals surface area contributed by atoms with Gasteiger partial charge in [0.1, 0.15) is 4.58 Å². The van der Waals surface area contributed by atoms with Gasteiger partial charge < -0.3 is 0 Å². The average Bonchev–Trinajstić information content (AvgIpc) is 2.59. The maximum absolute atomic E-state index is 11.6. The molecule has 2 atom stereocenters. The zero-order chi connectivity index (χ0) is 10.8. The lowest BCUT2D eigenvalue weighted by molar-refractivity contribution is 0.679. The summed E-state index contributed by atoms with van der Waals surface area (Å²) in [4.78, 5) is 0. The summed E-state index contributed by atoms with van der Waals surface area (Å²) < 4.78 is 22.8. The molecule has 5 heteroatoms. The van der Waals surface area contributed by atoms with Crippen LogP contribution in [0.3, 0.4) is 0 Å². The zero-order valence-corrected chi connectivity index (χ0v) is 9.51. The lowest BCUT2D eigenvalue weighted by Gasteiger charge is -2.07. The average molecular weight is 239 g/mol. The van der Waals surface area contributed by atoms with Gasteiger partial charge in [-0.25, -0.2) is 0 Å². The van der Waals surface area contributed by atoms with E-state index in [1.165, 1.54) is 0 Å². The number of benzene rings is 1. The van der Waals surface area contributed by atoms with Crippen molar-refractivity contribution < 1.29 is 8.42 Å². The van der Waals surface area contributed by atoms with Crippen molar-refractivity contribution in [3.05, 3.63) is 35.4 Å². The first-order valence-corrected chi connectivity index (χ1v) is 7.23. The monoisotopic (exact) mass is 239 g/mol. The Bertz CT molecular complexity index is 445. The van der Waals surface area contributed by atoms with E-state index in [9.17, 15) is 8.42 Å². The van der Waals surface area contributed by atoms with Gasteiger partial charge in [0.25, 0.3) is 0 Å². The maximum Gasteiger partial charge on any atom is 0.135 e. The minimum absolute atomic E-state index is 0.363. The molecule has 1 aliphatic heterocycles. The van der Waals surface area contributed by atoms with E-state index >= 15 is 0 Å². The lowest BCUT2D eigenvalue weighted by Crippen LogP contribution is -2.04. The highest BCUT2D eigenvalue weighted by Gasteiger charge is 2.31. The summed E-state index contributed by atoms with van der Waals surface area (Å²) >= 11 is 0. The Labute approximate surface area is 93.0 Å². The van der Waals surface area contributed by atoms with Crippen molar-refractivity contribution in [2.45, 2.75) is 4.58 Å². The van der Waals surface area contributed by atoms with Gasteiger partial charge >= 0.3 is 0 Å². The van der Waals surface area contributed by atoms with Crippen LogP contribution >= 0.6 is 0 Å². The molecule has 1 aromatic rings. The fourth-order valence-corrected chi connectivity index (χ4v) is 5.72. The van der Waals surface area contributed by atoms with E-state index < -0.39 is 21.6 Å². The topological polar surface area (TPSA) is 57.9 Å². The Kier molecular flexibility index (Phi) is 2.98. The van der Waals surface area contributed by atoms with Crippen LogP contribution in [0.1, 0.15) is 15.7 Å². The Balaban J connectivity index is 2.34. The molecule has 78 valence electrons. The van der Waals surface area contributed by atoms with Gasteiger partial charge in [-0.1, -0.05) is 12.1 Å². The number of nitrogens with zero attached hydrogens (tertiary/aromatic N) is 1. The molecule has 0 bridgehead atoms. The summed E-state index contributed by atoms with van der Waals surface area (Å²) in [6.07, 6.45) is 0. The van der Waals surface area contributed by atoms with Gasteiger partial charge in [-0.05, 0) is 17.7 Å². The number of hydrogen-bond acceptors (Lipinski definition) is 3. The molecule has 0 spiro atoms. The summed E-state index contributed by atoms with van der Waals surface area (Å²) in [5, 5.41) is 8.63. The third kappa shape index (κ3) is 2.01. The largest absolute Gasteiger partial charge is 0.258 e. The minimum atomic E-state index is -1.03. The number of nitriles is 1. The standard InChI is InChI=1S/C10H9NO2S2/c11-7-8-1-3-9(4-2-8)10-14(12)5-6-15(10)13/h1-4,10H,5-6H2. The number of rotatable bonds is 1. The molecule has 0 N–H and O–H groups in total. The fraction of sp³-hybridized carbons (Fsp3) is 0.300. The molecule has 1 saturated heterocycles. The van der Waals surface area contributed by atoms with Gasteiger partial charge in [0, 0.05) is 33.1 Å². The zero-order valence-electron chi connectivity index (χ0n) is 7.88. The Morgan fingerprint density at radius 1 is 1.13 bits per heavy atom. The first kappa shape index (κ1) is 10.5. The summed E-state index contributed by atoms with van der Waals surface area (Å²) in [5.74, 6) is 1.02. The van der Waals surface area contributed by atoms with Crippen molar-refractivity contribution in [2.24, 2.45) is 0 Å². The molecular formula is C10H9NO2S2. The molecule has 1 fully saturated rings. The van der Waals surface area contributed by atoms with Crippen LogP contribution in [-0.4, -0.2) is 19.9 Å². The fourth-order valence-electron chi connectivity index (χ4n) is 1.52. The smallest absolute Gasteiger partial charge is 0.135 e. The molecule has 2 unspecified atom stereocenters. The van der Waals surface area contributed by atoms with E-state index in [0.717, 1.165) is 5.56 Å². The van der Waals surface area contributed by atoms with Crippen LogP contribution in [0.25, 0.3) is 0 Å². The van der Waals surface area contributed by atoms with Crippen LogP contribution in [0.15, 0.2) is 24.3 Å². The second-order valence-electron chi connectivity index (χ2n) is 3.24. The second kappa shape index (κ2) is 4.25. The molecule has 1 aromatic carbocycles. The van der Waals surface area contributed by atoms with Gasteiger partial charge in [0.2, 0.25) is 0 Å². The van der Waals surface area contributed by atoms with E-state index in [-0.39, 0.29) is 4.58 Å². The summed E-state index contributed by atoms with van der Waals surface area (Å²) in [6.45, 7) is 0. The predicted octanol–water partition coefficient (Wildman–Crippen LogP) is 1.07. The van der Waals surface area contributed by atoms with E-state index in [1.54, 1.807) is 24.3 Å². The quantitative estimate of drug-likeness (QED) is 0.736. The van der Waals surface area contributed by atoms with Crippen LogP contribution in [0, 0.1) is 11.3 Å². The van der Waals surface area contributed by atoms with Crippen molar-refractivity contribution in [1.82, 2.24) is 0 Å². The Morgan fingerprint density at radius 2 is 1.67 bits per heavy atom. The van der Waals surface area contributed by atoms with E-state index in [4.69, 9.17) is 5.26 Å². The highest BCUT2D eigenvalue weighted by Crippen LogP contribution is 2.29. The summed E-state index contributed by atoms with van der Waals surface area (Å²) in [6, 6.07) is 8.83. The van der Waals surface area contributed by atoms with Crippen molar-refractivity contribution in [3.63, 3.8) is 0 Å². The van der Waals surface area contributed by atoms with Gasteiger partial charge in [0.05, 0.1) is 11.6 Å². The third-order valence-corrected chi connectivity index (χ3v) is 6.53. The van der Waals surface area contributed by atoms with Crippen LogP contribution in [0.2, 0.25) is 0 Å². The third-order valence-electron chi connectivity index (χ3n) is 2.28. The van der Waals surface area contributed by atoms with Gasteiger partial charge in [-0.15, -0.1) is 0 Å². The van der Waals surface area contributed by atoms with E-state index in [0.29, 0.717) is 17.1 Å². The Morgan fingerprint density at radius 3 is 2.13 bits per heavy atom. The highest BCUT2D eigenvalue weighted by atomic mass is 32.3. The minimum Gasteiger partial charge on any atom is -0.258 e. The summed E-state index contributed by atoms with van der Waals surface area (Å²) in [7, 11) is -2.07. The van der Waals surface area contributed by atoms with Gasteiger partial charge in [0.15, 0.2) is 0 Å². The number of hydrogen-bond donors (Lipinski definition) is 0. The van der Waals surface area contributed by atoms with Crippen LogP contribution in [0.5, 0.6) is 0 Å². The molecule has 2 rings (SSSR count). The van der Waals surface area contributed by atoms with Crippen LogP contribution < -0.4 is 0 Å². The second-order valence-corrected chi connectivity index (χ2v) is 6.82. The molecule has 0 aromatic heterocycles. The molecule has 0 amide bonds. The SMILES string of the molecule is N#Cc1ccc(C2S(=O)CCS2=O)cc1. The predicted molar refractivity (Wildman–Crippen MR) is 59.9 cm³/mol. The molecule has 3 nitrogen and oxygen atoms in total. The Hall–Kier alpha value is -0.990.